The molecule has 152 valence electrons. The largest absolute Gasteiger partial charge is 0.469 e. The minimum atomic E-state index is -0.133. The quantitative estimate of drug-likeness (QED) is 0.289. The summed E-state index contributed by atoms with van der Waals surface area (Å²) in [5.41, 5.74) is 1.25. The smallest absolute Gasteiger partial charge is 0.310 e. The Morgan fingerprint density at radius 1 is 1.33 bits per heavy atom. The van der Waals surface area contributed by atoms with Gasteiger partial charge in [-0.2, -0.15) is 0 Å². The van der Waals surface area contributed by atoms with E-state index in [1.807, 2.05) is 6.07 Å². The molecule has 0 bridgehead atoms. The Kier molecular flexibility index (Phi) is 10.1. The van der Waals surface area contributed by atoms with Crippen molar-refractivity contribution in [2.24, 2.45) is 16.8 Å². The van der Waals surface area contributed by atoms with E-state index >= 15 is 0 Å². The number of aliphatic imine (C=N–C) groups is 1. The van der Waals surface area contributed by atoms with Gasteiger partial charge >= 0.3 is 5.97 Å². The van der Waals surface area contributed by atoms with Crippen LogP contribution < -0.4 is 5.32 Å². The van der Waals surface area contributed by atoms with Crippen LogP contribution >= 0.6 is 24.0 Å². The maximum atomic E-state index is 12.0. The van der Waals surface area contributed by atoms with Crippen molar-refractivity contribution in [2.45, 2.75) is 19.9 Å². The van der Waals surface area contributed by atoms with Gasteiger partial charge in [-0.05, 0) is 32.5 Å². The minimum Gasteiger partial charge on any atom is -0.469 e. The van der Waals surface area contributed by atoms with Gasteiger partial charge in [0.1, 0.15) is 0 Å². The average molecular weight is 488 g/mol. The molecule has 0 radical (unpaired) electrons. The number of methoxy groups -OCH3 is 1. The number of esters is 1. The van der Waals surface area contributed by atoms with Gasteiger partial charge in [-0.25, -0.2) is 0 Å². The highest BCUT2D eigenvalue weighted by molar-refractivity contribution is 14.0. The van der Waals surface area contributed by atoms with Gasteiger partial charge in [-0.15, -0.1) is 24.0 Å². The van der Waals surface area contributed by atoms with E-state index < -0.39 is 0 Å². The van der Waals surface area contributed by atoms with Gasteiger partial charge in [-0.3, -0.25) is 9.79 Å². The summed E-state index contributed by atoms with van der Waals surface area (Å²) < 4.78 is 4.95. The summed E-state index contributed by atoms with van der Waals surface area (Å²) >= 11 is 0. The normalized spacial score (nSPS) is 21.0. The number of guanidine groups is 1. The first kappa shape index (κ1) is 23.7. The van der Waals surface area contributed by atoms with E-state index in [4.69, 9.17) is 9.73 Å². The zero-order chi connectivity index (χ0) is 19.1. The van der Waals surface area contributed by atoms with Crippen LogP contribution in [0.25, 0.3) is 0 Å². The van der Waals surface area contributed by atoms with Crippen molar-refractivity contribution in [2.75, 3.05) is 47.4 Å². The number of benzene rings is 1. The van der Waals surface area contributed by atoms with Crippen molar-refractivity contribution >= 4 is 35.9 Å². The summed E-state index contributed by atoms with van der Waals surface area (Å²) in [6, 6.07) is 10.6. The van der Waals surface area contributed by atoms with Crippen LogP contribution in [0, 0.1) is 11.8 Å². The molecule has 1 aromatic carbocycles. The first-order valence-electron chi connectivity index (χ1n) is 9.30. The predicted molar refractivity (Wildman–Crippen MR) is 121 cm³/mol. The van der Waals surface area contributed by atoms with Crippen LogP contribution in [0.2, 0.25) is 0 Å². The number of likely N-dealkylation sites (tertiary alicyclic amines) is 1. The van der Waals surface area contributed by atoms with Crippen LogP contribution in [0.4, 0.5) is 0 Å². The maximum absolute atomic E-state index is 12.0. The summed E-state index contributed by atoms with van der Waals surface area (Å²) in [6.45, 7) is 7.07. The van der Waals surface area contributed by atoms with Crippen molar-refractivity contribution in [1.29, 1.82) is 0 Å². The Balaban J connectivity index is 0.00000364. The molecule has 7 heteroatoms. The number of likely N-dealkylation sites (N-methyl/N-ethyl adjacent to an activating group) is 1. The van der Waals surface area contributed by atoms with Gasteiger partial charge in [0.2, 0.25) is 0 Å². The van der Waals surface area contributed by atoms with E-state index in [1.54, 1.807) is 0 Å². The number of nitrogens with one attached hydrogen (secondary N) is 1. The highest BCUT2D eigenvalue weighted by Crippen LogP contribution is 2.24. The molecule has 0 amide bonds. The third-order valence-corrected chi connectivity index (χ3v) is 4.97. The molecular formula is C20H33IN4O2. The Labute approximate surface area is 180 Å². The lowest BCUT2D eigenvalue weighted by Gasteiger charge is -2.26. The molecule has 0 saturated carbocycles. The molecule has 1 saturated heterocycles. The molecule has 1 aliphatic rings. The summed E-state index contributed by atoms with van der Waals surface area (Å²) in [7, 11) is 5.61. The van der Waals surface area contributed by atoms with E-state index in [2.05, 4.69) is 67.3 Å². The molecule has 0 spiro atoms. The van der Waals surface area contributed by atoms with Crippen molar-refractivity contribution in [3.8, 4) is 0 Å². The van der Waals surface area contributed by atoms with Gasteiger partial charge in [0.15, 0.2) is 5.96 Å². The van der Waals surface area contributed by atoms with E-state index in [-0.39, 0.29) is 47.8 Å². The third kappa shape index (κ3) is 6.34. The monoisotopic (exact) mass is 488 g/mol. The van der Waals surface area contributed by atoms with Gasteiger partial charge in [0.05, 0.1) is 25.6 Å². The third-order valence-electron chi connectivity index (χ3n) is 4.97. The lowest BCUT2D eigenvalue weighted by Crippen LogP contribution is -2.41. The zero-order valence-corrected chi connectivity index (χ0v) is 19.3. The van der Waals surface area contributed by atoms with Gasteiger partial charge in [-0.1, -0.05) is 37.3 Å². The van der Waals surface area contributed by atoms with Gasteiger partial charge < -0.3 is 19.9 Å². The number of ether oxygens (including phenoxy) is 1. The fourth-order valence-electron chi connectivity index (χ4n) is 3.44. The molecule has 2 rings (SSSR count). The highest BCUT2D eigenvalue weighted by atomic mass is 127. The fraction of sp³-hybridized carbons (Fsp3) is 0.600. The topological polar surface area (TPSA) is 57.2 Å². The predicted octanol–water partition coefficient (Wildman–Crippen LogP) is 2.61. The molecule has 1 aliphatic heterocycles. The molecule has 1 N–H and O–H groups in total. The van der Waals surface area contributed by atoms with E-state index in [1.165, 1.54) is 12.7 Å². The second-order valence-electron chi connectivity index (χ2n) is 7.10. The molecule has 1 aromatic rings. The molecule has 1 heterocycles. The number of hydrogen-bond donors (Lipinski definition) is 1. The SMILES string of the molecule is CCNC(=NCC(c1ccccc1)N(C)C)N1CC(C)C(C(=O)OC)C1.I. The van der Waals surface area contributed by atoms with Crippen molar-refractivity contribution in [3.05, 3.63) is 35.9 Å². The van der Waals surface area contributed by atoms with E-state index in [0.29, 0.717) is 13.1 Å². The van der Waals surface area contributed by atoms with Crippen LogP contribution in [0.5, 0.6) is 0 Å². The van der Waals surface area contributed by atoms with Crippen LogP contribution in [0.3, 0.4) is 0 Å². The van der Waals surface area contributed by atoms with Crippen LogP contribution in [-0.2, 0) is 9.53 Å². The second kappa shape index (κ2) is 11.5. The molecule has 1 fully saturated rings. The molecular weight excluding hydrogens is 455 g/mol. The van der Waals surface area contributed by atoms with Crippen molar-refractivity contribution in [1.82, 2.24) is 15.1 Å². The number of rotatable bonds is 6. The lowest BCUT2D eigenvalue weighted by molar-refractivity contribution is -0.145. The molecule has 27 heavy (non-hydrogen) atoms. The van der Waals surface area contributed by atoms with Gasteiger partial charge in [0.25, 0.3) is 0 Å². The van der Waals surface area contributed by atoms with Crippen molar-refractivity contribution < 1.29 is 9.53 Å². The fourth-order valence-corrected chi connectivity index (χ4v) is 3.44. The Morgan fingerprint density at radius 2 is 2.00 bits per heavy atom. The molecule has 0 aromatic heterocycles. The lowest BCUT2D eigenvalue weighted by atomic mass is 9.99. The minimum absolute atomic E-state index is 0. The van der Waals surface area contributed by atoms with Gasteiger partial charge in [0, 0.05) is 19.6 Å². The summed E-state index contributed by atoms with van der Waals surface area (Å²) in [5.74, 6) is 0.896. The molecule has 0 aliphatic carbocycles. The first-order chi connectivity index (χ1) is 12.5. The number of halogens is 1. The number of nitrogens with zero attached hydrogens (tertiary/aromatic N) is 3. The summed E-state index contributed by atoms with van der Waals surface area (Å²) in [5, 5.41) is 3.37. The summed E-state index contributed by atoms with van der Waals surface area (Å²) in [6.07, 6.45) is 0. The van der Waals surface area contributed by atoms with Crippen LogP contribution in [0.1, 0.15) is 25.5 Å². The molecule has 3 unspecified atom stereocenters. The zero-order valence-electron chi connectivity index (χ0n) is 17.0. The Hall–Kier alpha value is -1.35. The molecule has 3 atom stereocenters. The van der Waals surface area contributed by atoms with Crippen LogP contribution in [-0.4, -0.2) is 69.1 Å². The van der Waals surface area contributed by atoms with E-state index in [0.717, 1.165) is 19.0 Å². The first-order valence-corrected chi connectivity index (χ1v) is 9.30. The standard InChI is InChI=1S/C20H32N4O2.HI/c1-6-21-20(24-13-15(2)17(14-24)19(25)26-5)22-12-18(23(3)4)16-10-8-7-9-11-16;/h7-11,15,17-18H,6,12-14H2,1-5H3,(H,21,22);1H. The van der Waals surface area contributed by atoms with E-state index in [9.17, 15) is 4.79 Å². The number of carbonyl (C=O) groups excluding carboxylic acids is 1. The van der Waals surface area contributed by atoms with Crippen molar-refractivity contribution in [3.63, 3.8) is 0 Å². The second-order valence-corrected chi connectivity index (χ2v) is 7.10. The Bertz CT molecular complexity index is 609. The Morgan fingerprint density at radius 3 is 2.56 bits per heavy atom. The average Bonchev–Trinajstić information content (AvgIpc) is 3.02. The maximum Gasteiger partial charge on any atom is 0.310 e. The number of carbonyl (C=O) groups is 1. The summed E-state index contributed by atoms with van der Waals surface area (Å²) in [4.78, 5) is 21.2. The highest BCUT2D eigenvalue weighted by Gasteiger charge is 2.36. The van der Waals surface area contributed by atoms with Crippen LogP contribution in [0.15, 0.2) is 35.3 Å². The number of hydrogen-bond acceptors (Lipinski definition) is 4. The molecule has 6 nitrogen and oxygen atoms in total.